The fourth-order valence-electron chi connectivity index (χ4n) is 6.73. The second-order valence-electron chi connectivity index (χ2n) is 16.0. The van der Waals surface area contributed by atoms with E-state index < -0.39 is 0 Å². The Morgan fingerprint density at radius 1 is 0.562 bits per heavy atom. The van der Waals surface area contributed by atoms with E-state index in [4.69, 9.17) is 0 Å². The van der Waals surface area contributed by atoms with Gasteiger partial charge in [0, 0.05) is 44.3 Å². The van der Waals surface area contributed by atoms with Crippen LogP contribution in [0.2, 0.25) is 0 Å². The standard InChI is InChI=1S/C44H56O2S2/c1-29-15-13-17-31(21-29)37-25-35(43(3,4)5)23-33(41(37)45)27-47-39-19-11-9-10-12-20-40(39)48-28-34-24-36(44(6,7)8)26-38(42(34)46)32-18-14-16-30(2)22-32/h13-18,21-26,39-40,45-46H,9-12,19-20,27-28H2,1-8H3/t39-,40?/m0/s1. The van der Waals surface area contributed by atoms with Gasteiger partial charge in [0.2, 0.25) is 0 Å². The normalized spacial score (nSPS) is 17.6. The van der Waals surface area contributed by atoms with Crippen molar-refractivity contribution in [2.24, 2.45) is 0 Å². The number of aromatic hydroxyl groups is 2. The molecule has 1 unspecified atom stereocenters. The van der Waals surface area contributed by atoms with Crippen LogP contribution in [0.5, 0.6) is 11.5 Å². The Labute approximate surface area is 299 Å². The molecule has 0 amide bonds. The van der Waals surface area contributed by atoms with Gasteiger partial charge in [-0.15, -0.1) is 0 Å². The summed E-state index contributed by atoms with van der Waals surface area (Å²) in [5.41, 5.74) is 11.0. The largest absolute Gasteiger partial charge is 0.507 e. The molecular formula is C44H56O2S2. The van der Waals surface area contributed by atoms with E-state index in [2.05, 4.69) is 128 Å². The van der Waals surface area contributed by atoms with Crippen molar-refractivity contribution in [3.05, 3.63) is 106 Å². The molecule has 1 saturated carbocycles. The minimum Gasteiger partial charge on any atom is -0.507 e. The zero-order valence-electron chi connectivity index (χ0n) is 30.5. The van der Waals surface area contributed by atoms with Crippen molar-refractivity contribution in [3.8, 4) is 33.8 Å². The molecule has 0 saturated heterocycles. The maximum atomic E-state index is 11.7. The van der Waals surface area contributed by atoms with Gasteiger partial charge in [0.25, 0.3) is 0 Å². The van der Waals surface area contributed by atoms with Gasteiger partial charge in [0.05, 0.1) is 0 Å². The van der Waals surface area contributed by atoms with E-state index in [1.165, 1.54) is 60.8 Å². The van der Waals surface area contributed by atoms with Crippen LogP contribution in [-0.2, 0) is 22.3 Å². The highest BCUT2D eigenvalue weighted by Gasteiger charge is 2.27. The van der Waals surface area contributed by atoms with Crippen LogP contribution in [0.25, 0.3) is 22.3 Å². The molecule has 0 heterocycles. The van der Waals surface area contributed by atoms with E-state index in [-0.39, 0.29) is 10.8 Å². The van der Waals surface area contributed by atoms with Crippen LogP contribution in [0, 0.1) is 13.8 Å². The third kappa shape index (κ3) is 9.04. The van der Waals surface area contributed by atoms with Gasteiger partial charge in [0.15, 0.2) is 0 Å². The summed E-state index contributed by atoms with van der Waals surface area (Å²) in [6, 6.07) is 25.8. The molecule has 0 spiro atoms. The van der Waals surface area contributed by atoms with Gasteiger partial charge in [-0.05, 0) is 71.9 Å². The van der Waals surface area contributed by atoms with Gasteiger partial charge in [-0.1, -0.05) is 139 Å². The van der Waals surface area contributed by atoms with Crippen molar-refractivity contribution in [3.63, 3.8) is 0 Å². The van der Waals surface area contributed by atoms with E-state index in [0.29, 0.717) is 22.0 Å². The molecule has 4 aromatic rings. The second kappa shape index (κ2) is 15.4. The molecule has 0 aromatic heterocycles. The van der Waals surface area contributed by atoms with Crippen molar-refractivity contribution in [2.75, 3.05) is 0 Å². The molecule has 4 aromatic carbocycles. The van der Waals surface area contributed by atoms with Crippen molar-refractivity contribution in [1.29, 1.82) is 0 Å². The van der Waals surface area contributed by atoms with Crippen molar-refractivity contribution < 1.29 is 10.2 Å². The highest BCUT2D eigenvalue weighted by atomic mass is 32.2. The summed E-state index contributed by atoms with van der Waals surface area (Å²) in [5, 5.41) is 24.3. The summed E-state index contributed by atoms with van der Waals surface area (Å²) >= 11 is 4.05. The smallest absolute Gasteiger partial charge is 0.127 e. The SMILES string of the molecule is Cc1cccc(-c2cc(C(C)(C)C)cc(CSC3CCCCCC[C@@H]3SCc3cc(C(C)(C)C)cc(-c4cccc(C)c4)c3O)c2O)c1. The third-order valence-corrected chi connectivity index (χ3v) is 12.9. The lowest BCUT2D eigenvalue weighted by Gasteiger charge is -2.30. The predicted octanol–water partition coefficient (Wildman–Crippen LogP) is 12.9. The summed E-state index contributed by atoms with van der Waals surface area (Å²) in [6.45, 7) is 17.8. The van der Waals surface area contributed by atoms with E-state index in [9.17, 15) is 10.2 Å². The average Bonchev–Trinajstić information content (AvgIpc) is 3.00. The number of rotatable bonds is 8. The zero-order chi connectivity index (χ0) is 34.6. The monoisotopic (exact) mass is 680 g/mol. The predicted molar refractivity (Wildman–Crippen MR) is 212 cm³/mol. The van der Waals surface area contributed by atoms with E-state index in [1.807, 2.05) is 23.5 Å². The molecule has 0 radical (unpaired) electrons. The zero-order valence-corrected chi connectivity index (χ0v) is 32.1. The Bertz CT molecular complexity index is 1580. The molecule has 1 fully saturated rings. The number of benzene rings is 4. The first kappa shape index (κ1) is 36.5. The Morgan fingerprint density at radius 3 is 1.31 bits per heavy atom. The fraction of sp³-hybridized carbons (Fsp3) is 0.455. The first-order valence-corrected chi connectivity index (χ1v) is 19.9. The van der Waals surface area contributed by atoms with E-state index >= 15 is 0 Å². The highest BCUT2D eigenvalue weighted by Crippen LogP contribution is 2.44. The van der Waals surface area contributed by atoms with Gasteiger partial charge in [0.1, 0.15) is 11.5 Å². The van der Waals surface area contributed by atoms with Crippen LogP contribution < -0.4 is 0 Å². The van der Waals surface area contributed by atoms with Crippen LogP contribution in [0.3, 0.4) is 0 Å². The molecule has 0 aliphatic heterocycles. The number of thioether (sulfide) groups is 2. The Hall–Kier alpha value is -2.82. The van der Waals surface area contributed by atoms with E-state index in [0.717, 1.165) is 44.9 Å². The van der Waals surface area contributed by atoms with Gasteiger partial charge in [-0.25, -0.2) is 0 Å². The van der Waals surface area contributed by atoms with Gasteiger partial charge in [-0.2, -0.15) is 23.5 Å². The molecule has 48 heavy (non-hydrogen) atoms. The number of aryl methyl sites for hydroxylation is 2. The minimum absolute atomic E-state index is 0.0226. The lowest BCUT2D eigenvalue weighted by molar-refractivity contribution is 0.470. The summed E-state index contributed by atoms with van der Waals surface area (Å²) in [5.74, 6) is 2.42. The lowest BCUT2D eigenvalue weighted by Crippen LogP contribution is -2.22. The first-order valence-electron chi connectivity index (χ1n) is 17.8. The molecule has 1 aliphatic carbocycles. The molecule has 5 rings (SSSR count). The van der Waals surface area contributed by atoms with Crippen molar-refractivity contribution in [2.45, 2.75) is 127 Å². The van der Waals surface area contributed by atoms with Gasteiger partial charge >= 0.3 is 0 Å². The van der Waals surface area contributed by atoms with Crippen molar-refractivity contribution in [1.82, 2.24) is 0 Å². The van der Waals surface area contributed by atoms with Crippen LogP contribution in [0.1, 0.15) is 113 Å². The van der Waals surface area contributed by atoms with Crippen LogP contribution in [-0.4, -0.2) is 20.7 Å². The second-order valence-corrected chi connectivity index (χ2v) is 18.4. The van der Waals surface area contributed by atoms with Crippen LogP contribution in [0.15, 0.2) is 72.8 Å². The molecule has 2 N–H and O–H groups in total. The Morgan fingerprint density at radius 2 is 0.958 bits per heavy atom. The van der Waals surface area contributed by atoms with Crippen LogP contribution in [0.4, 0.5) is 0 Å². The first-order chi connectivity index (χ1) is 22.7. The molecular weight excluding hydrogens is 625 g/mol. The quantitative estimate of drug-likeness (QED) is 0.194. The molecule has 4 heteroatoms. The molecule has 0 bridgehead atoms. The molecule has 2 atom stereocenters. The van der Waals surface area contributed by atoms with Gasteiger partial charge < -0.3 is 10.2 Å². The van der Waals surface area contributed by atoms with Crippen molar-refractivity contribution >= 4 is 23.5 Å². The van der Waals surface area contributed by atoms with Crippen LogP contribution >= 0.6 is 23.5 Å². The number of hydrogen-bond donors (Lipinski definition) is 2. The average molecular weight is 681 g/mol. The summed E-state index contributed by atoms with van der Waals surface area (Å²) in [6.07, 6.45) is 7.47. The topological polar surface area (TPSA) is 40.5 Å². The fourth-order valence-corrected chi connectivity index (χ4v) is 9.80. The summed E-state index contributed by atoms with van der Waals surface area (Å²) in [4.78, 5) is 0. The maximum absolute atomic E-state index is 11.7. The summed E-state index contributed by atoms with van der Waals surface area (Å²) < 4.78 is 0. The third-order valence-electron chi connectivity index (χ3n) is 9.82. The number of hydrogen-bond acceptors (Lipinski definition) is 4. The minimum atomic E-state index is -0.0226. The summed E-state index contributed by atoms with van der Waals surface area (Å²) in [7, 11) is 0. The maximum Gasteiger partial charge on any atom is 0.127 e. The molecule has 1 aliphatic rings. The Balaban J connectivity index is 1.42. The van der Waals surface area contributed by atoms with Gasteiger partial charge in [-0.3, -0.25) is 0 Å². The lowest BCUT2D eigenvalue weighted by atomic mass is 9.84. The Kier molecular flexibility index (Phi) is 11.7. The molecule has 256 valence electrons. The number of phenols is 2. The highest BCUT2D eigenvalue weighted by molar-refractivity contribution is 8.03. The van der Waals surface area contributed by atoms with E-state index in [1.54, 1.807) is 0 Å². The molecule has 2 nitrogen and oxygen atoms in total. The number of phenolic OH excluding ortho intramolecular Hbond substituents is 2.